The zero-order chi connectivity index (χ0) is 31.4. The van der Waals surface area contributed by atoms with Crippen molar-refractivity contribution in [2.45, 2.75) is 37.8 Å². The van der Waals surface area contributed by atoms with Crippen molar-refractivity contribution in [2.75, 3.05) is 43.1 Å². The van der Waals surface area contributed by atoms with Gasteiger partial charge in [0.05, 0.1) is 59.7 Å². The lowest BCUT2D eigenvalue weighted by Crippen LogP contribution is -2.54. The fourth-order valence-corrected chi connectivity index (χ4v) is 6.81. The van der Waals surface area contributed by atoms with E-state index in [-0.39, 0.29) is 30.0 Å². The highest BCUT2D eigenvalue weighted by Gasteiger charge is 2.44. The summed E-state index contributed by atoms with van der Waals surface area (Å²) in [6.07, 6.45) is 7.81. The van der Waals surface area contributed by atoms with Gasteiger partial charge in [0.2, 0.25) is 11.8 Å². The molecule has 3 aliphatic heterocycles. The summed E-state index contributed by atoms with van der Waals surface area (Å²) in [6.45, 7) is 3.77. The van der Waals surface area contributed by atoms with Crippen LogP contribution < -0.4 is 15.5 Å². The molecule has 0 bridgehead atoms. The zero-order valence-corrected chi connectivity index (χ0v) is 25.0. The summed E-state index contributed by atoms with van der Waals surface area (Å²) < 4.78 is 7.54. The normalized spacial score (nSPS) is 23.0. The van der Waals surface area contributed by atoms with Crippen LogP contribution >= 0.6 is 0 Å². The van der Waals surface area contributed by atoms with Crippen molar-refractivity contribution in [2.24, 2.45) is 5.92 Å². The van der Waals surface area contributed by atoms with E-state index in [0.717, 1.165) is 64.5 Å². The highest BCUT2D eigenvalue weighted by molar-refractivity contribution is 6.23. The maximum atomic E-state index is 13.1. The predicted molar refractivity (Wildman–Crippen MR) is 167 cm³/mol. The Hall–Kier alpha value is -5.17. The quantitative estimate of drug-likeness (QED) is 0.295. The van der Waals surface area contributed by atoms with Crippen molar-refractivity contribution < 1.29 is 23.9 Å². The number of benzene rings is 2. The number of carbonyl (C=O) groups is 4. The summed E-state index contributed by atoms with van der Waals surface area (Å²) in [5, 5.41) is 10.3. The lowest BCUT2D eigenvalue weighted by atomic mass is 9.80. The molecule has 4 amide bonds. The Balaban J connectivity index is 0.893. The van der Waals surface area contributed by atoms with Crippen LogP contribution in [0.2, 0.25) is 0 Å². The molecule has 2 saturated heterocycles. The molecule has 3 fully saturated rings. The summed E-state index contributed by atoms with van der Waals surface area (Å²) in [5.74, 6) is -1.61. The number of hydrogen-bond donors (Lipinski definition) is 2. The minimum absolute atomic E-state index is 0.0899. The van der Waals surface area contributed by atoms with Crippen LogP contribution in [0.25, 0.3) is 22.3 Å². The monoisotopic (exact) mass is 620 g/mol. The van der Waals surface area contributed by atoms with E-state index < -0.39 is 29.7 Å². The second-order valence-corrected chi connectivity index (χ2v) is 12.3. The molecule has 2 aromatic heterocycles. The molecule has 1 atom stereocenters. The number of carbonyl (C=O) groups excluding carboxylic acids is 4. The maximum Gasteiger partial charge on any atom is 0.262 e. The van der Waals surface area contributed by atoms with Crippen LogP contribution in [0.4, 0.5) is 11.4 Å². The molecule has 5 heterocycles. The highest BCUT2D eigenvalue weighted by Crippen LogP contribution is 2.39. The lowest BCUT2D eigenvalue weighted by Gasteiger charge is -2.35. The van der Waals surface area contributed by atoms with Gasteiger partial charge < -0.3 is 15.0 Å². The molecule has 8 rings (SSSR count). The topological polar surface area (TPSA) is 152 Å². The van der Waals surface area contributed by atoms with Gasteiger partial charge in [0.25, 0.3) is 11.8 Å². The van der Waals surface area contributed by atoms with Crippen molar-refractivity contribution in [1.82, 2.24) is 30.0 Å². The van der Waals surface area contributed by atoms with Gasteiger partial charge in [-0.25, -0.2) is 4.98 Å². The molecule has 0 radical (unpaired) electrons. The van der Waals surface area contributed by atoms with Crippen molar-refractivity contribution in [3.05, 3.63) is 66.1 Å². The van der Waals surface area contributed by atoms with Gasteiger partial charge in [-0.05, 0) is 55.5 Å². The van der Waals surface area contributed by atoms with Gasteiger partial charge in [0, 0.05) is 43.5 Å². The minimum atomic E-state index is -0.975. The Morgan fingerprint density at radius 2 is 1.80 bits per heavy atom. The van der Waals surface area contributed by atoms with Gasteiger partial charge in [-0.3, -0.25) is 39.1 Å². The van der Waals surface area contributed by atoms with E-state index in [0.29, 0.717) is 25.7 Å². The molecular formula is C33H32N8O5. The van der Waals surface area contributed by atoms with E-state index >= 15 is 0 Å². The molecule has 4 aliphatic rings. The summed E-state index contributed by atoms with van der Waals surface area (Å²) in [7, 11) is 0. The van der Waals surface area contributed by atoms with E-state index in [1.807, 2.05) is 29.2 Å². The van der Waals surface area contributed by atoms with Crippen LogP contribution in [-0.2, 0) is 14.3 Å². The molecule has 1 saturated carbocycles. The van der Waals surface area contributed by atoms with Crippen LogP contribution in [-0.4, -0.2) is 87.2 Å². The summed E-state index contributed by atoms with van der Waals surface area (Å²) in [5.41, 5.74) is 5.81. The molecule has 1 unspecified atom stereocenters. The summed E-state index contributed by atoms with van der Waals surface area (Å²) in [4.78, 5) is 62.9. The first kappa shape index (κ1) is 28.3. The third-order valence-corrected chi connectivity index (χ3v) is 9.42. The average molecular weight is 621 g/mol. The molecule has 46 heavy (non-hydrogen) atoms. The van der Waals surface area contributed by atoms with Crippen LogP contribution in [0.3, 0.4) is 0 Å². The number of nitrogens with one attached hydrogen (secondary N) is 2. The Kier molecular flexibility index (Phi) is 6.97. The van der Waals surface area contributed by atoms with Crippen molar-refractivity contribution >= 4 is 46.0 Å². The van der Waals surface area contributed by atoms with E-state index in [2.05, 4.69) is 26.7 Å². The number of para-hydroxylation sites is 1. The Morgan fingerprint density at radius 3 is 2.63 bits per heavy atom. The van der Waals surface area contributed by atoms with Crippen LogP contribution in [0.1, 0.15) is 52.4 Å². The average Bonchev–Trinajstić information content (AvgIpc) is 3.63. The van der Waals surface area contributed by atoms with E-state index in [1.54, 1.807) is 24.4 Å². The first-order valence-electron chi connectivity index (χ1n) is 15.7. The Labute approximate surface area is 263 Å². The minimum Gasteiger partial charge on any atom is -0.385 e. The highest BCUT2D eigenvalue weighted by atomic mass is 16.5. The molecule has 13 heteroatoms. The van der Waals surface area contributed by atoms with Gasteiger partial charge in [-0.2, -0.15) is 5.10 Å². The lowest BCUT2D eigenvalue weighted by molar-refractivity contribution is -0.136. The predicted octanol–water partition coefficient (Wildman–Crippen LogP) is 2.79. The first-order chi connectivity index (χ1) is 22.4. The number of morpholine rings is 1. The number of rotatable bonds is 7. The van der Waals surface area contributed by atoms with Crippen LogP contribution in [0.15, 0.2) is 55.0 Å². The molecular weight excluding hydrogens is 588 g/mol. The van der Waals surface area contributed by atoms with E-state index in [4.69, 9.17) is 14.7 Å². The molecule has 4 aromatic rings. The van der Waals surface area contributed by atoms with Crippen molar-refractivity contribution in [3.63, 3.8) is 0 Å². The number of anilines is 2. The van der Waals surface area contributed by atoms with E-state index in [1.165, 1.54) is 0 Å². The van der Waals surface area contributed by atoms with Gasteiger partial charge in [-0.15, -0.1) is 0 Å². The zero-order valence-electron chi connectivity index (χ0n) is 25.0. The third-order valence-electron chi connectivity index (χ3n) is 9.42. The summed E-state index contributed by atoms with van der Waals surface area (Å²) >= 11 is 0. The SMILES string of the molecule is O=C1CCC(N2C(=O)c3ccc(NCC4CC(n5cc(-c6cnc7cccc(N8CCOCC8)c7n6)cn5)C4)cc3C2=O)C(=O)N1. The number of piperidine rings is 1. The number of fused-ring (bicyclic) bond motifs is 2. The number of hydrogen-bond acceptors (Lipinski definition) is 10. The standard InChI is InChI=1S/C33H32N8O5/c42-29-7-6-28(31(43)38-29)41-32(44)23-5-4-21(14-24(23)33(41)45)34-15-19-12-22(13-19)40-18-20(16-36-40)26-17-35-25-2-1-3-27(30(25)37-26)39-8-10-46-11-9-39/h1-5,14,16-19,22,28,34H,6-13,15H2,(H,38,42,43). The number of imide groups is 2. The first-order valence-corrected chi connectivity index (χ1v) is 15.7. The Bertz CT molecular complexity index is 1890. The number of ether oxygens (including phenoxy) is 1. The number of aromatic nitrogens is 4. The second kappa shape index (κ2) is 11.3. The van der Waals surface area contributed by atoms with E-state index in [9.17, 15) is 19.2 Å². The second-order valence-electron chi connectivity index (χ2n) is 12.3. The van der Waals surface area contributed by atoms with Gasteiger partial charge in [0.1, 0.15) is 11.6 Å². The van der Waals surface area contributed by atoms with Crippen LogP contribution in [0, 0.1) is 5.92 Å². The number of nitrogens with zero attached hydrogens (tertiary/aromatic N) is 6. The van der Waals surface area contributed by atoms with Crippen LogP contribution in [0.5, 0.6) is 0 Å². The van der Waals surface area contributed by atoms with Crippen molar-refractivity contribution in [3.8, 4) is 11.3 Å². The molecule has 2 aromatic carbocycles. The fourth-order valence-electron chi connectivity index (χ4n) is 6.81. The number of amides is 4. The van der Waals surface area contributed by atoms with Crippen molar-refractivity contribution in [1.29, 1.82) is 0 Å². The molecule has 13 nitrogen and oxygen atoms in total. The van der Waals surface area contributed by atoms with Gasteiger partial charge in [0.15, 0.2) is 0 Å². The Morgan fingerprint density at radius 1 is 0.978 bits per heavy atom. The van der Waals surface area contributed by atoms with Gasteiger partial charge in [-0.1, -0.05) is 6.07 Å². The third kappa shape index (κ3) is 4.96. The molecule has 2 N–H and O–H groups in total. The summed E-state index contributed by atoms with van der Waals surface area (Å²) in [6, 6.07) is 10.5. The largest absolute Gasteiger partial charge is 0.385 e. The van der Waals surface area contributed by atoms with Gasteiger partial charge >= 0.3 is 0 Å². The maximum absolute atomic E-state index is 13.1. The smallest absolute Gasteiger partial charge is 0.262 e. The molecule has 1 aliphatic carbocycles. The fraction of sp³-hybridized carbons (Fsp3) is 0.364. The molecule has 234 valence electrons. The molecule has 0 spiro atoms.